The number of hydrogen-bond donors (Lipinski definition) is 2. The standard InChI is InChI=1S/C22H19ClN4O2/c1-14-4-3-11-27-13-19(25-21(14)27)15-5-8-17(9-6-15)24-22(28)26-18-12-16(23)7-10-20(18)29-2/h3-13H,1-2H3,(H2,24,26,28). The van der Waals surface area contributed by atoms with Gasteiger partial charge in [-0.15, -0.1) is 0 Å². The molecule has 2 amide bonds. The fourth-order valence-corrected chi connectivity index (χ4v) is 3.25. The van der Waals surface area contributed by atoms with E-state index in [1.54, 1.807) is 18.2 Å². The number of hydrogen-bond acceptors (Lipinski definition) is 3. The van der Waals surface area contributed by atoms with Crippen LogP contribution in [0.3, 0.4) is 0 Å². The van der Waals surface area contributed by atoms with E-state index in [2.05, 4.69) is 10.6 Å². The van der Waals surface area contributed by atoms with Gasteiger partial charge >= 0.3 is 6.03 Å². The van der Waals surface area contributed by atoms with Crippen LogP contribution in [0.25, 0.3) is 16.9 Å². The Kier molecular flexibility index (Phi) is 5.10. The van der Waals surface area contributed by atoms with Gasteiger partial charge in [0.25, 0.3) is 0 Å². The number of ether oxygens (including phenoxy) is 1. The highest BCUT2D eigenvalue weighted by atomic mass is 35.5. The highest BCUT2D eigenvalue weighted by Gasteiger charge is 2.10. The first kappa shape index (κ1) is 18.8. The van der Waals surface area contributed by atoms with E-state index in [0.717, 1.165) is 22.5 Å². The van der Waals surface area contributed by atoms with Crippen molar-refractivity contribution in [2.75, 3.05) is 17.7 Å². The van der Waals surface area contributed by atoms with Crippen LogP contribution in [0.4, 0.5) is 16.2 Å². The van der Waals surface area contributed by atoms with Crippen LogP contribution >= 0.6 is 11.6 Å². The number of nitrogens with one attached hydrogen (secondary N) is 2. The van der Waals surface area contributed by atoms with Crippen LogP contribution in [0.5, 0.6) is 5.75 Å². The van der Waals surface area contributed by atoms with Crippen molar-refractivity contribution in [3.63, 3.8) is 0 Å². The quantitative estimate of drug-likeness (QED) is 0.462. The molecule has 2 aromatic carbocycles. The monoisotopic (exact) mass is 406 g/mol. The molecular weight excluding hydrogens is 388 g/mol. The molecule has 0 saturated heterocycles. The Morgan fingerprint density at radius 3 is 2.62 bits per heavy atom. The van der Waals surface area contributed by atoms with Crippen LogP contribution in [0, 0.1) is 6.92 Å². The van der Waals surface area contributed by atoms with Crippen LogP contribution in [-0.2, 0) is 0 Å². The number of methoxy groups -OCH3 is 1. The molecule has 0 aliphatic heterocycles. The van der Waals surface area contributed by atoms with Gasteiger partial charge in [-0.3, -0.25) is 0 Å². The molecule has 29 heavy (non-hydrogen) atoms. The Labute approximate surface area is 173 Å². The minimum absolute atomic E-state index is 0.387. The van der Waals surface area contributed by atoms with Crippen molar-refractivity contribution >= 4 is 34.7 Å². The maximum atomic E-state index is 12.3. The van der Waals surface area contributed by atoms with Gasteiger partial charge in [-0.1, -0.05) is 29.8 Å². The van der Waals surface area contributed by atoms with Gasteiger partial charge in [-0.25, -0.2) is 9.78 Å². The summed E-state index contributed by atoms with van der Waals surface area (Å²) in [7, 11) is 1.53. The molecule has 2 aromatic heterocycles. The lowest BCUT2D eigenvalue weighted by Gasteiger charge is -2.11. The number of halogens is 1. The summed E-state index contributed by atoms with van der Waals surface area (Å²) in [6.45, 7) is 2.03. The Morgan fingerprint density at radius 2 is 1.90 bits per heavy atom. The Hall–Kier alpha value is -3.51. The van der Waals surface area contributed by atoms with E-state index in [0.29, 0.717) is 22.1 Å². The summed E-state index contributed by atoms with van der Waals surface area (Å²) in [5.74, 6) is 0.530. The van der Waals surface area contributed by atoms with Crippen molar-refractivity contribution in [3.05, 3.63) is 77.6 Å². The van der Waals surface area contributed by atoms with Crippen molar-refractivity contribution in [2.45, 2.75) is 6.92 Å². The molecule has 0 saturated carbocycles. The largest absolute Gasteiger partial charge is 0.495 e. The van der Waals surface area contributed by atoms with Crippen molar-refractivity contribution < 1.29 is 9.53 Å². The molecule has 0 spiro atoms. The maximum Gasteiger partial charge on any atom is 0.323 e. The molecule has 0 aliphatic carbocycles. The lowest BCUT2D eigenvalue weighted by atomic mass is 10.1. The number of rotatable bonds is 4. The van der Waals surface area contributed by atoms with E-state index in [1.807, 2.05) is 60.1 Å². The highest BCUT2D eigenvalue weighted by molar-refractivity contribution is 6.31. The highest BCUT2D eigenvalue weighted by Crippen LogP contribution is 2.28. The molecule has 0 atom stereocenters. The maximum absolute atomic E-state index is 12.3. The molecular formula is C22H19ClN4O2. The van der Waals surface area contributed by atoms with E-state index < -0.39 is 0 Å². The van der Waals surface area contributed by atoms with Crippen LogP contribution in [-0.4, -0.2) is 22.5 Å². The summed E-state index contributed by atoms with van der Waals surface area (Å²) < 4.78 is 7.24. The molecule has 2 heterocycles. The molecule has 4 aromatic rings. The fraction of sp³-hybridized carbons (Fsp3) is 0.0909. The predicted molar refractivity (Wildman–Crippen MR) is 116 cm³/mol. The summed E-state index contributed by atoms with van der Waals surface area (Å²) in [5.41, 5.74) is 5.04. The van der Waals surface area contributed by atoms with Crippen LogP contribution < -0.4 is 15.4 Å². The zero-order valence-corrected chi connectivity index (χ0v) is 16.7. The van der Waals surface area contributed by atoms with Gasteiger partial charge in [0.15, 0.2) is 0 Å². The molecule has 6 nitrogen and oxygen atoms in total. The minimum Gasteiger partial charge on any atom is -0.495 e. The Balaban J connectivity index is 1.48. The molecule has 0 unspecified atom stereocenters. The topological polar surface area (TPSA) is 67.7 Å². The van der Waals surface area contributed by atoms with Crippen molar-refractivity contribution in [2.24, 2.45) is 0 Å². The first-order valence-corrected chi connectivity index (χ1v) is 9.37. The fourth-order valence-electron chi connectivity index (χ4n) is 3.08. The van der Waals surface area contributed by atoms with Gasteiger partial charge in [0, 0.05) is 28.7 Å². The lowest BCUT2D eigenvalue weighted by Crippen LogP contribution is -2.19. The van der Waals surface area contributed by atoms with E-state index in [9.17, 15) is 4.79 Å². The zero-order valence-electron chi connectivity index (χ0n) is 15.9. The van der Waals surface area contributed by atoms with E-state index in [4.69, 9.17) is 21.3 Å². The molecule has 0 radical (unpaired) electrons. The average molecular weight is 407 g/mol. The third-order valence-electron chi connectivity index (χ3n) is 4.53. The Morgan fingerprint density at radius 1 is 1.10 bits per heavy atom. The van der Waals surface area contributed by atoms with Crippen molar-refractivity contribution in [1.82, 2.24) is 9.38 Å². The molecule has 2 N–H and O–H groups in total. The van der Waals surface area contributed by atoms with Crippen LogP contribution in [0.1, 0.15) is 5.56 Å². The molecule has 0 fully saturated rings. The minimum atomic E-state index is -0.387. The summed E-state index contributed by atoms with van der Waals surface area (Å²) >= 11 is 6.00. The molecule has 0 bridgehead atoms. The molecule has 7 heteroatoms. The second-order valence-electron chi connectivity index (χ2n) is 6.55. The number of fused-ring (bicyclic) bond motifs is 1. The average Bonchev–Trinajstić information content (AvgIpc) is 3.14. The van der Waals surface area contributed by atoms with Crippen molar-refractivity contribution in [3.8, 4) is 17.0 Å². The van der Waals surface area contributed by atoms with Gasteiger partial charge in [0.2, 0.25) is 0 Å². The summed E-state index contributed by atoms with van der Waals surface area (Å²) in [6, 6.07) is 16.2. The summed E-state index contributed by atoms with van der Waals surface area (Å²) in [4.78, 5) is 17.0. The molecule has 0 aliphatic rings. The third-order valence-corrected chi connectivity index (χ3v) is 4.76. The van der Waals surface area contributed by atoms with E-state index >= 15 is 0 Å². The van der Waals surface area contributed by atoms with E-state index in [1.165, 1.54) is 7.11 Å². The smallest absolute Gasteiger partial charge is 0.323 e. The summed E-state index contributed by atoms with van der Waals surface area (Å²) in [5, 5.41) is 6.05. The van der Waals surface area contributed by atoms with Crippen LogP contribution in [0.15, 0.2) is 67.0 Å². The first-order valence-electron chi connectivity index (χ1n) is 9.00. The number of anilines is 2. The van der Waals surface area contributed by atoms with Gasteiger partial charge in [-0.05, 0) is 48.9 Å². The van der Waals surface area contributed by atoms with E-state index in [-0.39, 0.29) is 6.03 Å². The zero-order chi connectivity index (χ0) is 20.4. The third kappa shape index (κ3) is 4.02. The predicted octanol–water partition coefficient (Wildman–Crippen LogP) is 5.62. The number of aryl methyl sites for hydroxylation is 1. The SMILES string of the molecule is COc1ccc(Cl)cc1NC(=O)Nc1ccc(-c2cn3cccc(C)c3n2)cc1. The molecule has 4 rings (SSSR count). The molecule has 146 valence electrons. The Bertz CT molecular complexity index is 1190. The number of urea groups is 1. The number of benzene rings is 2. The number of nitrogens with zero attached hydrogens (tertiary/aromatic N) is 2. The van der Waals surface area contributed by atoms with Gasteiger partial charge in [0.05, 0.1) is 18.5 Å². The number of aromatic nitrogens is 2. The lowest BCUT2D eigenvalue weighted by molar-refractivity contribution is 0.262. The van der Waals surface area contributed by atoms with Crippen molar-refractivity contribution in [1.29, 1.82) is 0 Å². The number of carbonyl (C=O) groups is 1. The van der Waals surface area contributed by atoms with Gasteiger partial charge < -0.3 is 19.8 Å². The number of imidazole rings is 1. The number of pyridine rings is 1. The normalized spacial score (nSPS) is 10.7. The number of carbonyl (C=O) groups excluding carboxylic acids is 1. The second kappa shape index (κ2) is 7.85. The summed E-state index contributed by atoms with van der Waals surface area (Å²) in [6.07, 6.45) is 3.96. The van der Waals surface area contributed by atoms with Crippen LogP contribution in [0.2, 0.25) is 5.02 Å². The van der Waals surface area contributed by atoms with Gasteiger partial charge in [0.1, 0.15) is 11.4 Å². The second-order valence-corrected chi connectivity index (χ2v) is 6.99. The first-order chi connectivity index (χ1) is 14.0. The van der Waals surface area contributed by atoms with Gasteiger partial charge in [-0.2, -0.15) is 0 Å². The number of amides is 2.